The van der Waals surface area contributed by atoms with E-state index in [1.165, 1.54) is 5.56 Å². The highest BCUT2D eigenvalue weighted by molar-refractivity contribution is 7.97. The Hall–Kier alpha value is -0.710. The Morgan fingerprint density at radius 1 is 1.40 bits per heavy atom. The van der Waals surface area contributed by atoms with Crippen molar-refractivity contribution in [3.8, 4) is 0 Å². The molecule has 20 heavy (non-hydrogen) atoms. The fourth-order valence-electron chi connectivity index (χ4n) is 2.57. The van der Waals surface area contributed by atoms with Crippen molar-refractivity contribution >= 4 is 30.1 Å². The van der Waals surface area contributed by atoms with Crippen molar-refractivity contribution < 1.29 is 4.79 Å². The number of likely N-dealkylation sites (tertiary alicyclic amines) is 1. The first kappa shape index (κ1) is 17.3. The lowest BCUT2D eigenvalue weighted by molar-refractivity contribution is 0.0787. The van der Waals surface area contributed by atoms with Crippen LogP contribution >= 0.6 is 24.2 Å². The quantitative estimate of drug-likeness (QED) is 0.907. The van der Waals surface area contributed by atoms with Crippen molar-refractivity contribution in [2.45, 2.75) is 12.2 Å². The number of thioether (sulfide) groups is 1. The van der Waals surface area contributed by atoms with Gasteiger partial charge in [-0.1, -0.05) is 12.1 Å². The van der Waals surface area contributed by atoms with Crippen LogP contribution in [0.1, 0.15) is 22.3 Å². The first-order valence-electron chi connectivity index (χ1n) is 6.76. The molecule has 1 N–H and O–H groups in total. The molecule has 1 aliphatic rings. The molecule has 1 unspecified atom stereocenters. The summed E-state index contributed by atoms with van der Waals surface area (Å²) in [5.41, 5.74) is 2.09. The molecular formula is C15H23ClN2OS. The van der Waals surface area contributed by atoms with Crippen LogP contribution in [-0.4, -0.2) is 43.7 Å². The molecule has 0 bridgehead atoms. The number of amides is 1. The van der Waals surface area contributed by atoms with Gasteiger partial charge in [0.2, 0.25) is 0 Å². The summed E-state index contributed by atoms with van der Waals surface area (Å²) in [6.45, 7) is 2.76. The minimum atomic E-state index is 0. The Kier molecular flexibility index (Phi) is 7.41. The maximum Gasteiger partial charge on any atom is 0.253 e. The average Bonchev–Trinajstić information content (AvgIpc) is 2.88. The minimum Gasteiger partial charge on any atom is -0.338 e. The van der Waals surface area contributed by atoms with Gasteiger partial charge in [-0.2, -0.15) is 11.8 Å². The third-order valence-corrected chi connectivity index (χ3v) is 4.20. The van der Waals surface area contributed by atoms with E-state index in [9.17, 15) is 4.79 Å². The van der Waals surface area contributed by atoms with Gasteiger partial charge in [-0.05, 0) is 49.9 Å². The van der Waals surface area contributed by atoms with Gasteiger partial charge in [0.15, 0.2) is 0 Å². The van der Waals surface area contributed by atoms with Crippen LogP contribution in [0.2, 0.25) is 0 Å². The number of hydrogen-bond acceptors (Lipinski definition) is 3. The summed E-state index contributed by atoms with van der Waals surface area (Å²) in [7, 11) is 1.97. The second kappa shape index (κ2) is 8.55. The molecular weight excluding hydrogens is 292 g/mol. The molecule has 1 aromatic rings. The summed E-state index contributed by atoms with van der Waals surface area (Å²) in [5.74, 6) is 1.78. The highest BCUT2D eigenvalue weighted by Gasteiger charge is 2.26. The number of benzene rings is 1. The SMILES string of the molecule is CNCC1CCN(C(=O)c2ccc(CSC)cc2)C1.Cl. The second-order valence-corrected chi connectivity index (χ2v) is 5.96. The van der Waals surface area contributed by atoms with Gasteiger partial charge in [0.25, 0.3) is 5.91 Å². The molecule has 0 saturated carbocycles. The summed E-state index contributed by atoms with van der Waals surface area (Å²) >= 11 is 1.80. The van der Waals surface area contributed by atoms with Crippen molar-refractivity contribution in [3.05, 3.63) is 35.4 Å². The first-order valence-corrected chi connectivity index (χ1v) is 8.15. The van der Waals surface area contributed by atoms with Crippen molar-refractivity contribution in [1.82, 2.24) is 10.2 Å². The van der Waals surface area contributed by atoms with E-state index in [1.54, 1.807) is 11.8 Å². The third-order valence-electron chi connectivity index (χ3n) is 3.58. The Morgan fingerprint density at radius 2 is 2.10 bits per heavy atom. The lowest BCUT2D eigenvalue weighted by atomic mass is 10.1. The molecule has 3 nitrogen and oxygen atoms in total. The van der Waals surface area contributed by atoms with E-state index < -0.39 is 0 Å². The zero-order valence-corrected chi connectivity index (χ0v) is 13.7. The normalized spacial score (nSPS) is 17.9. The molecule has 112 valence electrons. The van der Waals surface area contributed by atoms with Crippen LogP contribution in [0, 0.1) is 5.92 Å². The predicted octanol–water partition coefficient (Wildman–Crippen LogP) is 2.65. The fourth-order valence-corrected chi connectivity index (χ4v) is 3.09. The average molecular weight is 315 g/mol. The summed E-state index contributed by atoms with van der Waals surface area (Å²) in [5, 5.41) is 3.19. The largest absolute Gasteiger partial charge is 0.338 e. The molecule has 1 heterocycles. The second-order valence-electron chi connectivity index (χ2n) is 5.09. The molecule has 0 aliphatic carbocycles. The standard InChI is InChI=1S/C15H22N2OS.ClH/c1-16-9-13-7-8-17(10-13)15(18)14-5-3-12(4-6-14)11-19-2;/h3-6,13,16H,7-11H2,1-2H3;1H. The van der Waals surface area contributed by atoms with E-state index in [4.69, 9.17) is 0 Å². The molecule has 1 fully saturated rings. The van der Waals surface area contributed by atoms with Crippen molar-refractivity contribution in [3.63, 3.8) is 0 Å². The van der Waals surface area contributed by atoms with Gasteiger partial charge >= 0.3 is 0 Å². The van der Waals surface area contributed by atoms with Crippen molar-refractivity contribution in [2.24, 2.45) is 5.92 Å². The van der Waals surface area contributed by atoms with Gasteiger partial charge in [0, 0.05) is 24.4 Å². The molecule has 0 spiro atoms. The predicted molar refractivity (Wildman–Crippen MR) is 88.8 cm³/mol. The van der Waals surface area contributed by atoms with Crippen molar-refractivity contribution in [2.75, 3.05) is 32.9 Å². The zero-order valence-electron chi connectivity index (χ0n) is 12.1. The molecule has 1 aliphatic heterocycles. The summed E-state index contributed by atoms with van der Waals surface area (Å²) in [6.07, 6.45) is 3.20. The van der Waals surface area contributed by atoms with Crippen molar-refractivity contribution in [1.29, 1.82) is 0 Å². The molecule has 5 heteroatoms. The van der Waals surface area contributed by atoms with Gasteiger partial charge in [-0.3, -0.25) is 4.79 Å². The van der Waals surface area contributed by atoms with Crippen LogP contribution in [0.25, 0.3) is 0 Å². The molecule has 1 atom stereocenters. The number of carbonyl (C=O) groups excluding carboxylic acids is 1. The van der Waals surface area contributed by atoms with Gasteiger partial charge in [0.1, 0.15) is 0 Å². The highest BCUT2D eigenvalue weighted by Crippen LogP contribution is 2.19. The van der Waals surface area contributed by atoms with E-state index in [0.717, 1.165) is 37.4 Å². The van der Waals surface area contributed by atoms with Crippen LogP contribution in [0.15, 0.2) is 24.3 Å². The van der Waals surface area contributed by atoms with E-state index in [2.05, 4.69) is 23.7 Å². The van der Waals surface area contributed by atoms with E-state index in [-0.39, 0.29) is 18.3 Å². The third kappa shape index (κ3) is 4.40. The van der Waals surface area contributed by atoms with Crippen LogP contribution < -0.4 is 5.32 Å². The summed E-state index contributed by atoms with van der Waals surface area (Å²) < 4.78 is 0. The molecule has 2 rings (SSSR count). The van der Waals surface area contributed by atoms with Crippen LogP contribution in [0.4, 0.5) is 0 Å². The number of carbonyl (C=O) groups is 1. The maximum absolute atomic E-state index is 12.4. The first-order chi connectivity index (χ1) is 9.24. The van der Waals surface area contributed by atoms with E-state index >= 15 is 0 Å². The van der Waals surface area contributed by atoms with E-state index in [1.807, 2.05) is 24.1 Å². The Labute approximate surface area is 131 Å². The zero-order chi connectivity index (χ0) is 13.7. The fraction of sp³-hybridized carbons (Fsp3) is 0.533. The van der Waals surface area contributed by atoms with Crippen LogP contribution in [0.5, 0.6) is 0 Å². The number of nitrogens with one attached hydrogen (secondary N) is 1. The Balaban J connectivity index is 0.00000200. The monoisotopic (exact) mass is 314 g/mol. The molecule has 1 saturated heterocycles. The lowest BCUT2D eigenvalue weighted by Gasteiger charge is -2.16. The van der Waals surface area contributed by atoms with Gasteiger partial charge < -0.3 is 10.2 Å². The van der Waals surface area contributed by atoms with E-state index in [0.29, 0.717) is 5.92 Å². The van der Waals surface area contributed by atoms with Gasteiger partial charge in [0.05, 0.1) is 0 Å². The molecule has 0 aromatic heterocycles. The van der Waals surface area contributed by atoms with Gasteiger partial charge in [-0.25, -0.2) is 0 Å². The van der Waals surface area contributed by atoms with Crippen LogP contribution in [0.3, 0.4) is 0 Å². The minimum absolute atomic E-state index is 0. The number of halogens is 1. The highest BCUT2D eigenvalue weighted by atomic mass is 35.5. The summed E-state index contributed by atoms with van der Waals surface area (Å²) in [4.78, 5) is 14.3. The Morgan fingerprint density at radius 3 is 2.70 bits per heavy atom. The number of nitrogens with zero attached hydrogens (tertiary/aromatic N) is 1. The molecule has 0 radical (unpaired) electrons. The number of hydrogen-bond donors (Lipinski definition) is 1. The summed E-state index contributed by atoms with van der Waals surface area (Å²) in [6, 6.07) is 8.04. The van der Waals surface area contributed by atoms with Crippen LogP contribution in [-0.2, 0) is 5.75 Å². The molecule has 1 aromatic carbocycles. The smallest absolute Gasteiger partial charge is 0.253 e. The topological polar surface area (TPSA) is 32.3 Å². The molecule has 1 amide bonds. The Bertz CT molecular complexity index is 424. The lowest BCUT2D eigenvalue weighted by Crippen LogP contribution is -2.30. The maximum atomic E-state index is 12.4. The van der Waals surface area contributed by atoms with Gasteiger partial charge in [-0.15, -0.1) is 12.4 Å². The number of rotatable bonds is 5.